The molecule has 3 heterocycles. The van der Waals surface area contributed by atoms with Gasteiger partial charge in [0.2, 0.25) is 0 Å². The summed E-state index contributed by atoms with van der Waals surface area (Å²) in [7, 11) is 0. The summed E-state index contributed by atoms with van der Waals surface area (Å²) in [6.45, 7) is 2.07. The second-order valence-electron chi connectivity index (χ2n) is 10.1. The number of phenols is 1. The van der Waals surface area contributed by atoms with Crippen molar-refractivity contribution >= 4 is 11.2 Å². The fourth-order valence-electron chi connectivity index (χ4n) is 5.47. The van der Waals surface area contributed by atoms with E-state index in [1.165, 1.54) is 5.57 Å². The monoisotopic (exact) mass is 449 g/mol. The highest BCUT2D eigenvalue weighted by Gasteiger charge is 2.44. The zero-order chi connectivity index (χ0) is 22.6. The number of alkyl halides is 2. The third-order valence-electron chi connectivity index (χ3n) is 7.39. The van der Waals surface area contributed by atoms with E-state index in [9.17, 15) is 13.9 Å². The summed E-state index contributed by atoms with van der Waals surface area (Å²) in [5.74, 6) is 0.439. The van der Waals surface area contributed by atoms with Crippen LogP contribution in [0.3, 0.4) is 0 Å². The van der Waals surface area contributed by atoms with Crippen molar-refractivity contribution in [2.75, 3.05) is 19.8 Å². The van der Waals surface area contributed by atoms with Crippen LogP contribution in [0.15, 0.2) is 48.3 Å². The number of nitrogens with zero attached hydrogens (tertiary/aromatic N) is 3. The molecule has 3 aliphatic rings. The van der Waals surface area contributed by atoms with Gasteiger partial charge < -0.3 is 9.51 Å². The lowest BCUT2D eigenvalue weighted by molar-refractivity contribution is 0.0727. The molecule has 0 radical (unpaired) electrons. The lowest BCUT2D eigenvalue weighted by Crippen LogP contribution is -2.46. The molecule has 1 N–H and O–H groups in total. The Morgan fingerprint density at radius 2 is 1.97 bits per heavy atom. The van der Waals surface area contributed by atoms with Gasteiger partial charge in [0, 0.05) is 44.4 Å². The molecular formula is C27H29F2N3O. The van der Waals surface area contributed by atoms with Gasteiger partial charge in [-0.3, -0.25) is 9.29 Å². The summed E-state index contributed by atoms with van der Waals surface area (Å²) in [6.07, 6.45) is 8.54. The second kappa shape index (κ2) is 7.94. The molecule has 0 bridgehead atoms. The third kappa shape index (κ3) is 4.05. The normalized spacial score (nSPS) is 20.5. The van der Waals surface area contributed by atoms with Gasteiger partial charge in [-0.25, -0.2) is 9.37 Å². The molecule has 1 saturated heterocycles. The number of aryl methyl sites for hydroxylation is 1. The topological polar surface area (TPSA) is 40.8 Å². The average Bonchev–Trinajstić information content (AvgIpc) is 3.39. The number of allylic oxidation sites excluding steroid dienone is 1. The Kier molecular flexibility index (Phi) is 5.02. The molecule has 33 heavy (non-hydrogen) atoms. The molecule has 0 unspecified atom stereocenters. The summed E-state index contributed by atoms with van der Waals surface area (Å²) in [5.41, 5.74) is 6.33. The summed E-state index contributed by atoms with van der Waals surface area (Å²) in [5, 5.41) is 10.1. The van der Waals surface area contributed by atoms with Crippen molar-refractivity contribution < 1.29 is 13.9 Å². The maximum Gasteiger partial charge on any atom is 0.137 e. The van der Waals surface area contributed by atoms with Gasteiger partial charge >= 0.3 is 0 Å². The van der Waals surface area contributed by atoms with Crippen LogP contribution in [-0.2, 0) is 13.0 Å². The first kappa shape index (κ1) is 20.8. The van der Waals surface area contributed by atoms with Crippen molar-refractivity contribution in [3.63, 3.8) is 0 Å². The van der Waals surface area contributed by atoms with Crippen molar-refractivity contribution in [1.82, 2.24) is 14.3 Å². The molecule has 1 aliphatic heterocycles. The quantitative estimate of drug-likeness (QED) is 0.542. The largest absolute Gasteiger partial charge is 0.508 e. The predicted molar refractivity (Wildman–Crippen MR) is 125 cm³/mol. The summed E-state index contributed by atoms with van der Waals surface area (Å²) in [4.78, 5) is 7.06. The Hall–Kier alpha value is -2.73. The van der Waals surface area contributed by atoms with Crippen molar-refractivity contribution in [1.29, 1.82) is 0 Å². The summed E-state index contributed by atoms with van der Waals surface area (Å²) in [6, 6.07) is 9.75. The van der Waals surface area contributed by atoms with Crippen molar-refractivity contribution in [2.24, 2.45) is 5.92 Å². The van der Waals surface area contributed by atoms with Crippen LogP contribution in [-0.4, -0.2) is 44.8 Å². The van der Waals surface area contributed by atoms with Gasteiger partial charge in [0.1, 0.15) is 17.1 Å². The van der Waals surface area contributed by atoms with E-state index in [4.69, 9.17) is 4.98 Å². The van der Waals surface area contributed by atoms with Gasteiger partial charge in [0.05, 0.1) is 12.4 Å². The number of benzene rings is 1. The van der Waals surface area contributed by atoms with E-state index in [0.29, 0.717) is 19.3 Å². The molecule has 1 aromatic carbocycles. The van der Waals surface area contributed by atoms with E-state index in [1.807, 2.05) is 28.9 Å². The SMILES string of the molecule is Oc1ccc2c(c1)CCCC(CC1(F)CC1)=C2c1ccn2cc(CN3CC(CF)C3)nc2c1. The van der Waals surface area contributed by atoms with E-state index in [1.54, 1.807) is 6.07 Å². The zero-order valence-electron chi connectivity index (χ0n) is 18.7. The van der Waals surface area contributed by atoms with Gasteiger partial charge in [-0.15, -0.1) is 0 Å². The molecule has 2 aliphatic carbocycles. The van der Waals surface area contributed by atoms with E-state index < -0.39 is 5.67 Å². The smallest absolute Gasteiger partial charge is 0.137 e. The first-order valence-electron chi connectivity index (χ1n) is 12.0. The number of aromatic hydroxyl groups is 1. The number of phenolic OH excluding ortho intramolecular Hbond substituents is 1. The fourth-order valence-corrected chi connectivity index (χ4v) is 5.47. The second-order valence-corrected chi connectivity index (χ2v) is 10.1. The number of hydrogen-bond donors (Lipinski definition) is 1. The van der Waals surface area contributed by atoms with Crippen molar-refractivity contribution in [2.45, 2.75) is 50.7 Å². The highest BCUT2D eigenvalue weighted by atomic mass is 19.1. The Labute approximate surface area is 192 Å². The molecule has 3 aromatic rings. The van der Waals surface area contributed by atoms with Crippen LogP contribution in [0, 0.1) is 5.92 Å². The molecule has 2 aromatic heterocycles. The Morgan fingerprint density at radius 3 is 2.76 bits per heavy atom. The molecule has 6 heteroatoms. The van der Waals surface area contributed by atoms with Crippen molar-refractivity contribution in [3.8, 4) is 5.75 Å². The molecular weight excluding hydrogens is 420 g/mol. The number of likely N-dealkylation sites (tertiary alicyclic amines) is 1. The standard InChI is InChI=1S/C27H29F2N3O/c28-13-18-14-31(15-18)16-22-17-32-9-6-20(11-25(32)30-22)26-21(12-27(29)7-8-27)3-1-2-19-10-23(33)4-5-24(19)26/h4-6,9-11,17-18,33H,1-3,7-8,12-16H2. The molecule has 172 valence electrons. The van der Waals surface area contributed by atoms with Gasteiger partial charge in [-0.2, -0.15) is 0 Å². The van der Waals surface area contributed by atoms with Crippen LogP contribution in [0.5, 0.6) is 5.75 Å². The van der Waals surface area contributed by atoms with Crippen LogP contribution < -0.4 is 0 Å². The van der Waals surface area contributed by atoms with Crippen LogP contribution in [0.1, 0.15) is 54.5 Å². The highest BCUT2D eigenvalue weighted by Crippen LogP contribution is 2.48. The molecule has 0 atom stereocenters. The predicted octanol–water partition coefficient (Wildman–Crippen LogP) is 5.47. The Morgan fingerprint density at radius 1 is 1.12 bits per heavy atom. The number of pyridine rings is 1. The van der Waals surface area contributed by atoms with E-state index >= 15 is 0 Å². The third-order valence-corrected chi connectivity index (χ3v) is 7.39. The van der Waals surface area contributed by atoms with Crippen LogP contribution in [0.2, 0.25) is 0 Å². The number of rotatable bonds is 6. The number of aromatic nitrogens is 2. The highest BCUT2D eigenvalue weighted by molar-refractivity contribution is 5.85. The van der Waals surface area contributed by atoms with Gasteiger partial charge in [-0.05, 0) is 78.6 Å². The first-order chi connectivity index (χ1) is 16.0. The molecule has 0 spiro atoms. The van der Waals surface area contributed by atoms with Crippen LogP contribution in [0.4, 0.5) is 8.78 Å². The fraction of sp³-hybridized carbons (Fsp3) is 0.444. The van der Waals surface area contributed by atoms with E-state index in [-0.39, 0.29) is 18.3 Å². The van der Waals surface area contributed by atoms with Crippen molar-refractivity contribution in [3.05, 3.63) is 70.7 Å². The lowest BCUT2D eigenvalue weighted by Gasteiger charge is -2.37. The molecule has 4 nitrogen and oxygen atoms in total. The number of fused-ring (bicyclic) bond motifs is 2. The molecule has 2 fully saturated rings. The van der Waals surface area contributed by atoms with Gasteiger partial charge in [0.25, 0.3) is 0 Å². The first-order valence-corrected chi connectivity index (χ1v) is 12.0. The van der Waals surface area contributed by atoms with Gasteiger partial charge in [-0.1, -0.05) is 11.6 Å². The summed E-state index contributed by atoms with van der Waals surface area (Å²) < 4.78 is 29.7. The minimum atomic E-state index is -1.05. The molecule has 1 saturated carbocycles. The van der Waals surface area contributed by atoms with Crippen LogP contribution in [0.25, 0.3) is 11.2 Å². The van der Waals surface area contributed by atoms with E-state index in [0.717, 1.165) is 72.5 Å². The number of hydrogen-bond acceptors (Lipinski definition) is 3. The van der Waals surface area contributed by atoms with Gasteiger partial charge in [0.15, 0.2) is 0 Å². The van der Waals surface area contributed by atoms with Crippen LogP contribution >= 0.6 is 0 Å². The maximum atomic E-state index is 14.9. The summed E-state index contributed by atoms with van der Waals surface area (Å²) >= 11 is 0. The minimum Gasteiger partial charge on any atom is -0.508 e. The molecule has 0 amide bonds. The zero-order valence-corrected chi connectivity index (χ0v) is 18.7. The minimum absolute atomic E-state index is 0.166. The lowest BCUT2D eigenvalue weighted by atomic mass is 9.88. The Bertz CT molecular complexity index is 1240. The Balaban J connectivity index is 1.39. The number of halogens is 2. The average molecular weight is 450 g/mol. The molecule has 6 rings (SSSR count). The van der Waals surface area contributed by atoms with E-state index in [2.05, 4.69) is 17.0 Å². The number of imidazole rings is 1. The maximum absolute atomic E-state index is 14.9.